The van der Waals surface area contributed by atoms with E-state index in [0.29, 0.717) is 0 Å². The Bertz CT molecular complexity index is 740. The number of benzene rings is 2. The monoisotopic (exact) mass is 502 g/mol. The fourth-order valence-electron chi connectivity index (χ4n) is 1.80. The van der Waals surface area contributed by atoms with Gasteiger partial charge >= 0.3 is 26.2 Å². The molecule has 3 rings (SSSR count). The van der Waals surface area contributed by atoms with Crippen LogP contribution in [-0.4, -0.2) is 8.41 Å². The quantitative estimate of drug-likeness (QED) is 0.0956. The van der Waals surface area contributed by atoms with E-state index in [1.165, 1.54) is 16.3 Å². The zero-order chi connectivity index (χ0) is 15.6. The molecule has 0 spiro atoms. The first-order valence-corrected chi connectivity index (χ1v) is 5.93. The Hall–Kier alpha value is -0.482. The van der Waals surface area contributed by atoms with Crippen LogP contribution in [0.1, 0.15) is 5.56 Å². The standard InChI is InChI=1S/C10H9.C6F5.B.3ClH.Zr/c1-8-6-9-4-2-3-5-10(9)7-8;7-2-1-3(8)5(10)6(11)4(2)9;;;;;/h2-7H,1H3;;;3*1H;/q2*-1;;;;;+3/p-3. The largest absolute Gasteiger partial charge is 3.00 e. The molecule has 10 heteroatoms. The van der Waals surface area contributed by atoms with Crippen molar-refractivity contribution in [3.63, 3.8) is 0 Å². The van der Waals surface area contributed by atoms with Gasteiger partial charge in [0.25, 0.3) is 0 Å². The van der Waals surface area contributed by atoms with Crippen LogP contribution in [0.4, 0.5) is 22.0 Å². The van der Waals surface area contributed by atoms with Crippen molar-refractivity contribution in [1.29, 1.82) is 0 Å². The number of aryl methyl sites for hydroxylation is 1. The minimum atomic E-state index is -2.17. The van der Waals surface area contributed by atoms with Gasteiger partial charge in [0.2, 0.25) is 0 Å². The van der Waals surface area contributed by atoms with Crippen LogP contribution in [0.3, 0.4) is 0 Å². The van der Waals surface area contributed by atoms with Gasteiger partial charge in [0, 0.05) is 8.41 Å². The molecular weight excluding hydrogens is 496 g/mol. The van der Waals surface area contributed by atoms with E-state index in [1.807, 2.05) is 0 Å². The summed E-state index contributed by atoms with van der Waals surface area (Å²) in [7, 11) is 0. The Kier molecular flexibility index (Phi) is 18.6. The van der Waals surface area contributed by atoms with E-state index in [2.05, 4.69) is 43.3 Å². The molecule has 4 radical (unpaired) electrons. The van der Waals surface area contributed by atoms with E-state index < -0.39 is 29.1 Å². The molecule has 26 heavy (non-hydrogen) atoms. The molecule has 0 bridgehead atoms. The average Bonchev–Trinajstić information content (AvgIpc) is 2.84. The molecule has 0 unspecified atom stereocenters. The summed E-state index contributed by atoms with van der Waals surface area (Å²) < 4.78 is 59.9. The van der Waals surface area contributed by atoms with Crippen molar-refractivity contribution in [2.24, 2.45) is 0 Å². The smallest absolute Gasteiger partial charge is 1.00 e. The van der Waals surface area contributed by atoms with Crippen LogP contribution in [0, 0.1) is 42.1 Å². The van der Waals surface area contributed by atoms with Crippen LogP contribution in [0.2, 0.25) is 0 Å². The second kappa shape index (κ2) is 14.6. The van der Waals surface area contributed by atoms with Gasteiger partial charge in [-0.05, 0) is 0 Å². The second-order valence-corrected chi connectivity index (χ2v) is 4.36. The summed E-state index contributed by atoms with van der Waals surface area (Å²) in [6.45, 7) is 2.12. The first-order valence-electron chi connectivity index (χ1n) is 5.93. The number of rotatable bonds is 0. The minimum absolute atomic E-state index is 0. The molecule has 0 aromatic heterocycles. The minimum Gasteiger partial charge on any atom is -1.00 e. The Balaban J connectivity index is -0.000000156. The topological polar surface area (TPSA) is 0 Å². The number of hydrogen-bond donors (Lipinski definition) is 0. The molecular formula is C16H9BCl3F5Zr-2. The normalized spacial score (nSPS) is 8.38. The third kappa shape index (κ3) is 8.04. The van der Waals surface area contributed by atoms with Gasteiger partial charge in [-0.25, -0.2) is 13.2 Å². The maximum atomic E-state index is 12.0. The van der Waals surface area contributed by atoms with Crippen molar-refractivity contribution in [2.75, 3.05) is 0 Å². The molecule has 0 atom stereocenters. The number of fused-ring (bicyclic) bond motifs is 1. The van der Waals surface area contributed by atoms with Crippen molar-refractivity contribution in [3.05, 3.63) is 77.1 Å². The van der Waals surface area contributed by atoms with Crippen molar-refractivity contribution in [2.45, 2.75) is 6.92 Å². The third-order valence-electron chi connectivity index (χ3n) is 2.75. The third-order valence-corrected chi connectivity index (χ3v) is 2.75. The van der Waals surface area contributed by atoms with Gasteiger partial charge in [-0.2, -0.15) is 6.07 Å². The molecule has 0 N–H and O–H groups in total. The molecule has 0 amide bonds. The first-order chi connectivity index (χ1) is 9.90. The molecule has 0 saturated carbocycles. The van der Waals surface area contributed by atoms with Crippen LogP contribution in [0.15, 0.2) is 36.4 Å². The average molecular weight is 505 g/mol. The molecule has 0 saturated heterocycles. The van der Waals surface area contributed by atoms with Crippen LogP contribution < -0.4 is 37.2 Å². The van der Waals surface area contributed by atoms with E-state index in [-0.39, 0.29) is 71.8 Å². The van der Waals surface area contributed by atoms with Gasteiger partial charge in [0.05, 0.1) is 29.1 Å². The molecule has 3 aromatic carbocycles. The van der Waals surface area contributed by atoms with Gasteiger partial charge in [0.1, 0.15) is 0 Å². The summed E-state index contributed by atoms with van der Waals surface area (Å²) in [5.74, 6) is -10.0. The summed E-state index contributed by atoms with van der Waals surface area (Å²) in [5.41, 5.74) is 1.35. The molecule has 0 aliphatic rings. The van der Waals surface area contributed by atoms with Gasteiger partial charge < -0.3 is 37.2 Å². The molecule has 138 valence electrons. The summed E-state index contributed by atoms with van der Waals surface area (Å²) in [6.07, 6.45) is 0. The molecule has 0 heterocycles. The van der Waals surface area contributed by atoms with Crippen LogP contribution in [0.25, 0.3) is 10.8 Å². The summed E-state index contributed by atoms with van der Waals surface area (Å²) >= 11 is 0. The molecule has 3 aromatic rings. The van der Waals surface area contributed by atoms with Gasteiger partial charge in [-0.15, -0.1) is 46.7 Å². The van der Waals surface area contributed by atoms with Gasteiger partial charge in [0.15, 0.2) is 0 Å². The van der Waals surface area contributed by atoms with E-state index in [1.54, 1.807) is 0 Å². The van der Waals surface area contributed by atoms with Crippen molar-refractivity contribution >= 4 is 19.2 Å². The fourth-order valence-corrected chi connectivity index (χ4v) is 1.80. The van der Waals surface area contributed by atoms with E-state index >= 15 is 0 Å². The molecule has 0 aliphatic carbocycles. The van der Waals surface area contributed by atoms with Crippen molar-refractivity contribution < 1.29 is 85.4 Å². The van der Waals surface area contributed by atoms with Crippen LogP contribution in [-0.2, 0) is 26.2 Å². The maximum absolute atomic E-state index is 12.0. The maximum Gasteiger partial charge on any atom is 3.00 e. The summed E-state index contributed by atoms with van der Waals surface area (Å²) in [5, 5.41) is 2.69. The fraction of sp³-hybridized carbons (Fsp3) is 0.0625. The van der Waals surface area contributed by atoms with Gasteiger partial charge in [-0.1, -0.05) is 13.0 Å². The molecule has 0 aliphatic heterocycles. The molecule has 0 fully saturated rings. The van der Waals surface area contributed by atoms with E-state index in [4.69, 9.17) is 0 Å². The van der Waals surface area contributed by atoms with E-state index in [0.717, 1.165) is 6.07 Å². The predicted molar refractivity (Wildman–Crippen MR) is 75.1 cm³/mol. The Morgan fingerprint density at radius 3 is 1.73 bits per heavy atom. The van der Waals surface area contributed by atoms with Crippen molar-refractivity contribution in [1.82, 2.24) is 0 Å². The Morgan fingerprint density at radius 1 is 0.808 bits per heavy atom. The molecule has 0 nitrogen and oxygen atoms in total. The first kappa shape index (κ1) is 33.1. The predicted octanol–water partition coefficient (Wildman–Crippen LogP) is -4.32. The number of halogens is 8. The van der Waals surface area contributed by atoms with Gasteiger partial charge in [-0.3, -0.25) is 8.78 Å². The zero-order valence-electron chi connectivity index (χ0n) is 13.1. The van der Waals surface area contributed by atoms with Crippen molar-refractivity contribution in [3.8, 4) is 0 Å². The van der Waals surface area contributed by atoms with Crippen LogP contribution in [0.5, 0.6) is 0 Å². The number of hydrogen-bond acceptors (Lipinski definition) is 0. The Labute approximate surface area is 187 Å². The Morgan fingerprint density at radius 2 is 1.27 bits per heavy atom. The van der Waals surface area contributed by atoms with E-state index in [9.17, 15) is 22.0 Å². The zero-order valence-corrected chi connectivity index (χ0v) is 17.8. The summed E-state index contributed by atoms with van der Waals surface area (Å²) in [4.78, 5) is 0. The second-order valence-electron chi connectivity index (χ2n) is 4.36. The SMILES string of the molecule is Cc1cc2ccccc2[cH-]1.Fc1[c-]c(F)c(F)c(F)c1F.[B].[Cl-].[Cl-].[Cl-].[Zr+3]. The summed E-state index contributed by atoms with van der Waals surface area (Å²) in [6, 6.07) is 13.9. The van der Waals surface area contributed by atoms with Crippen LogP contribution >= 0.6 is 0 Å².